The van der Waals surface area contributed by atoms with Crippen LogP contribution in [0.1, 0.15) is 115 Å². The first-order valence-electron chi connectivity index (χ1n) is 29.3. The van der Waals surface area contributed by atoms with Gasteiger partial charge in [-0.25, -0.2) is 55.4 Å². The fourth-order valence-corrected chi connectivity index (χ4v) is 15.8. The van der Waals surface area contributed by atoms with Crippen molar-refractivity contribution in [3.05, 3.63) is 128 Å². The van der Waals surface area contributed by atoms with E-state index in [4.69, 9.17) is 41.0 Å². The summed E-state index contributed by atoms with van der Waals surface area (Å²) < 4.78 is 89.1. The van der Waals surface area contributed by atoms with Gasteiger partial charge >= 0.3 is 23.7 Å². The highest BCUT2D eigenvalue weighted by Crippen LogP contribution is 2.42. The zero-order valence-corrected chi connectivity index (χ0v) is 55.4. The third-order valence-electron chi connectivity index (χ3n) is 14.3. The number of carbonyl (C=O) groups excluding carboxylic acids is 4. The second-order valence-corrected chi connectivity index (χ2v) is 29.9. The highest BCUT2D eigenvalue weighted by atomic mass is 35.5. The molecule has 3 amide bonds. The monoisotopic (exact) mass is 1380 g/mol. The number of nitro groups is 2. The first kappa shape index (κ1) is 70.9. The lowest BCUT2D eigenvalue weighted by atomic mass is 9.86. The van der Waals surface area contributed by atoms with Crippen LogP contribution in [0.15, 0.2) is 107 Å². The maximum atomic E-state index is 13.6. The molecule has 500 valence electrons. The number of carbonyl (C=O) groups is 4. The van der Waals surface area contributed by atoms with Crippen LogP contribution in [0, 0.1) is 20.2 Å². The molecule has 0 radical (unpaired) electrons. The molecular weight excluding hydrogens is 1310 g/mol. The van der Waals surface area contributed by atoms with Crippen molar-refractivity contribution < 1.29 is 74.3 Å². The van der Waals surface area contributed by atoms with Crippen LogP contribution < -0.4 is 40.6 Å². The van der Waals surface area contributed by atoms with Gasteiger partial charge in [-0.15, -0.1) is 22.7 Å². The van der Waals surface area contributed by atoms with Crippen molar-refractivity contribution in [3.8, 4) is 32.4 Å². The number of halogens is 1. The van der Waals surface area contributed by atoms with E-state index in [0.29, 0.717) is 48.1 Å². The van der Waals surface area contributed by atoms with Gasteiger partial charge in [-0.1, -0.05) is 12.1 Å². The average Bonchev–Trinajstić information content (AvgIpc) is 1.78. The number of nitro benzene ring substituents is 2. The molecule has 4 heterocycles. The van der Waals surface area contributed by atoms with Crippen LogP contribution in [-0.4, -0.2) is 122 Å². The first-order valence-corrected chi connectivity index (χ1v) is 34.3. The largest absolute Gasteiger partial charge is 0.441 e. The maximum absolute atomic E-state index is 13.6. The molecule has 6 aromatic rings. The Morgan fingerprint density at radius 3 is 1.35 bits per heavy atom. The lowest BCUT2D eigenvalue weighted by Crippen LogP contribution is -2.44. The molecule has 2 saturated heterocycles. The highest BCUT2D eigenvalue weighted by molar-refractivity contribution is 7.90. The number of nitrogens with two attached hydrogens (primary N) is 1. The number of aromatic nitrogens is 2. The molecule has 0 spiro atoms. The van der Waals surface area contributed by atoms with Crippen LogP contribution in [-0.2, 0) is 39.0 Å². The van der Waals surface area contributed by atoms with Crippen molar-refractivity contribution in [3.63, 3.8) is 0 Å². The Kier molecular flexibility index (Phi) is 23.5. The van der Waals surface area contributed by atoms with Gasteiger partial charge < -0.3 is 44.8 Å². The Labute approximate surface area is 549 Å². The smallest absolute Gasteiger partial charge is 0.417 e. The Morgan fingerprint density at radius 1 is 0.581 bits per heavy atom. The molecule has 2 aromatic heterocycles. The predicted molar refractivity (Wildman–Crippen MR) is 346 cm³/mol. The number of non-ortho nitro benzene ring substituents is 2. The average molecular weight is 1380 g/mol. The number of hydrogen-bond donors (Lipinski definition) is 6. The van der Waals surface area contributed by atoms with E-state index in [1.165, 1.54) is 83.3 Å². The molecule has 4 aliphatic rings. The van der Waals surface area contributed by atoms with Crippen molar-refractivity contribution in [1.29, 1.82) is 0 Å². The number of rotatable bonds is 17. The number of sulfonamides is 2. The van der Waals surface area contributed by atoms with E-state index in [9.17, 15) is 56.2 Å². The van der Waals surface area contributed by atoms with Crippen LogP contribution in [0.25, 0.3) is 20.9 Å². The van der Waals surface area contributed by atoms with Crippen LogP contribution in [0.5, 0.6) is 11.5 Å². The molecule has 2 aliphatic heterocycles. The summed E-state index contributed by atoms with van der Waals surface area (Å²) in [4.78, 5) is 77.7. The third-order valence-corrected chi connectivity index (χ3v) is 20.4. The zero-order chi connectivity index (χ0) is 67.4. The van der Waals surface area contributed by atoms with Gasteiger partial charge in [0, 0.05) is 106 Å². The molecular formula is C60H71ClN10O18S4. The van der Waals surface area contributed by atoms with Gasteiger partial charge in [0.05, 0.1) is 65.8 Å². The van der Waals surface area contributed by atoms with Crippen LogP contribution >= 0.6 is 34.3 Å². The van der Waals surface area contributed by atoms with Crippen molar-refractivity contribution in [2.24, 2.45) is 0 Å². The first-order chi connectivity index (χ1) is 43.8. The number of nitrogen functional groups attached to an aromatic ring is 1. The van der Waals surface area contributed by atoms with E-state index in [2.05, 4.69) is 40.1 Å². The summed E-state index contributed by atoms with van der Waals surface area (Å²) in [6, 6.07) is 19.6. The molecule has 2 saturated carbocycles. The number of hydrogen-bond acceptors (Lipinski definition) is 23. The van der Waals surface area contributed by atoms with Gasteiger partial charge in [-0.05, 0) is 141 Å². The van der Waals surface area contributed by atoms with Gasteiger partial charge in [0.15, 0.2) is 12.2 Å². The SMILES string of the molecule is CC(C)(C)NS(=O)(=O)c1cc(N)ccc1-c1cnc(C2CCC(NC(=O)OC3COC3)CC2)s1.CC(C)(C)NS(=O)(=O)c1cc(NC(=O)Oc2ccc([N+](=O)[O-])cc2)ccc1-c1cnc(C2CCC(NC(=O)OC3COC3)CC2)s1.O=C(Cl)Oc1ccc([N+](=O)[O-])cc1. The number of amides is 3. The topological polar surface area (TPSA) is 390 Å². The molecule has 7 N–H and O–H groups in total. The summed E-state index contributed by atoms with van der Waals surface area (Å²) in [5, 5.41) is 31.3. The summed E-state index contributed by atoms with van der Waals surface area (Å²) in [5.74, 6) is 0.684. The quantitative estimate of drug-likeness (QED) is 0.0214. The van der Waals surface area contributed by atoms with Crippen LogP contribution in [0.2, 0.25) is 0 Å². The van der Waals surface area contributed by atoms with Gasteiger partial charge in [-0.3, -0.25) is 25.5 Å². The molecule has 33 heteroatoms. The van der Waals surface area contributed by atoms with E-state index in [0.717, 1.165) is 66.3 Å². The van der Waals surface area contributed by atoms with Gasteiger partial charge in [0.1, 0.15) is 11.5 Å². The van der Waals surface area contributed by atoms with Crippen LogP contribution in [0.4, 0.5) is 41.9 Å². The number of alkyl carbamates (subject to hydrolysis) is 2. The van der Waals surface area contributed by atoms with Crippen molar-refractivity contribution >= 4 is 101 Å². The lowest BCUT2D eigenvalue weighted by Gasteiger charge is -2.30. The molecule has 4 aromatic carbocycles. The molecule has 0 bridgehead atoms. The minimum absolute atomic E-state index is 0.0107. The molecule has 0 unspecified atom stereocenters. The Hall–Kier alpha value is -7.95. The van der Waals surface area contributed by atoms with Crippen molar-refractivity contribution in [2.45, 2.75) is 150 Å². The van der Waals surface area contributed by atoms with E-state index < -0.39 is 58.6 Å². The van der Waals surface area contributed by atoms with Crippen LogP contribution in [0.3, 0.4) is 0 Å². The molecule has 2 aliphatic carbocycles. The second kappa shape index (κ2) is 30.9. The number of benzene rings is 4. The second-order valence-electron chi connectivity index (χ2n) is 24.2. The standard InChI is InChI=1S/C30H35N5O9S2.C23H32N4O5S2.C7H4ClNO4/c1-30(2,3)34-46(40,41)26-14-20(33-29(37)43-22-11-9-21(10-12-22)35(38)39)8-13-24(26)25-15-31-27(45-25)18-4-6-19(7-5-18)32-28(36)44-23-16-42-17-23;1-23(2,3)27-34(29,30)20-10-15(24)6-9-18(20)19-11-25-21(33-19)14-4-7-16(8-5-14)26-22(28)32-17-12-31-13-17;8-7(10)13-6-3-1-5(2-4-6)9(11)12/h8-15,18-19,23,34H,4-7,16-17H2,1-3H3,(H,32,36)(H,33,37);6,9-11,14,16-17,27H,4-5,7-8,12-13,24H2,1-3H3,(H,26,28);1-4H. The number of anilines is 2. The number of thiazole rings is 2. The van der Waals surface area contributed by atoms with E-state index >= 15 is 0 Å². The Morgan fingerprint density at radius 2 is 0.978 bits per heavy atom. The summed E-state index contributed by atoms with van der Waals surface area (Å²) in [6.07, 6.45) is 7.98. The minimum Gasteiger partial charge on any atom is -0.441 e. The molecule has 28 nitrogen and oxygen atoms in total. The predicted octanol–water partition coefficient (Wildman–Crippen LogP) is 11.5. The van der Waals surface area contributed by atoms with Gasteiger partial charge in [0.25, 0.3) is 11.4 Å². The maximum Gasteiger partial charge on any atom is 0.417 e. The zero-order valence-electron chi connectivity index (χ0n) is 51.4. The summed E-state index contributed by atoms with van der Waals surface area (Å²) >= 11 is 7.84. The van der Waals surface area contributed by atoms with Crippen molar-refractivity contribution in [1.82, 2.24) is 30.0 Å². The summed E-state index contributed by atoms with van der Waals surface area (Å²) in [7, 11) is -7.83. The number of ether oxygens (including phenoxy) is 6. The van der Waals surface area contributed by atoms with E-state index in [1.54, 1.807) is 78.2 Å². The Balaban J connectivity index is 0.000000206. The normalized spacial score (nSPS) is 18.4. The number of nitrogens with zero attached hydrogens (tertiary/aromatic N) is 4. The lowest BCUT2D eigenvalue weighted by molar-refractivity contribution is -0.385. The summed E-state index contributed by atoms with van der Waals surface area (Å²) in [6.45, 7) is 12.4. The van der Waals surface area contributed by atoms with Gasteiger partial charge in [0.2, 0.25) is 20.0 Å². The van der Waals surface area contributed by atoms with Gasteiger partial charge in [-0.2, -0.15) is 0 Å². The molecule has 0 atom stereocenters. The fraction of sp³-hybridized carbons (Fsp3) is 0.433. The minimum atomic E-state index is -4.05. The number of nitrogens with one attached hydrogen (secondary N) is 5. The summed E-state index contributed by atoms with van der Waals surface area (Å²) in [5.41, 5.74) is 4.89. The highest BCUT2D eigenvalue weighted by Gasteiger charge is 2.33. The molecule has 10 rings (SSSR count). The van der Waals surface area contributed by atoms with Crippen molar-refractivity contribution in [2.75, 3.05) is 37.5 Å². The fourth-order valence-electron chi connectivity index (χ4n) is 9.96. The van der Waals surface area contributed by atoms with E-state index in [1.807, 2.05) is 0 Å². The molecule has 93 heavy (non-hydrogen) atoms. The van der Waals surface area contributed by atoms with E-state index in [-0.39, 0.29) is 80.6 Å². The third kappa shape index (κ3) is 21.0. The molecule has 4 fully saturated rings. The Bertz CT molecular complexity index is 3880.